The van der Waals surface area contributed by atoms with E-state index in [0.29, 0.717) is 25.7 Å². The van der Waals surface area contributed by atoms with E-state index >= 15 is 0 Å². The molecule has 3 aromatic rings. The number of hydrogen-bond acceptors (Lipinski definition) is 6. The summed E-state index contributed by atoms with van der Waals surface area (Å²) in [6, 6.07) is 18.1. The number of para-hydroxylation sites is 1. The minimum Gasteiger partial charge on any atom is -0.780 e. The van der Waals surface area contributed by atoms with Crippen LogP contribution in [0.15, 0.2) is 60.8 Å². The van der Waals surface area contributed by atoms with E-state index in [9.17, 15) is 9.69 Å². The number of carbonyl (C=O) groups excluding carboxylic acids is 1. The lowest BCUT2D eigenvalue weighted by molar-refractivity contribution is -0.209. The zero-order chi connectivity index (χ0) is 22.3. The van der Waals surface area contributed by atoms with E-state index in [4.69, 9.17) is 20.9 Å². The van der Waals surface area contributed by atoms with Crippen LogP contribution in [0, 0.1) is 0 Å². The predicted molar refractivity (Wildman–Crippen MR) is 126 cm³/mol. The number of hydrogen-bond donors (Lipinski definition) is 0. The van der Waals surface area contributed by atoms with Crippen molar-refractivity contribution in [3.63, 3.8) is 0 Å². The Morgan fingerprint density at radius 1 is 1.10 bits per heavy atom. The van der Waals surface area contributed by atoms with Gasteiger partial charge in [0, 0.05) is 24.4 Å². The summed E-state index contributed by atoms with van der Waals surface area (Å²) in [6.45, 7) is 0.287. The van der Waals surface area contributed by atoms with Crippen LogP contribution < -0.4 is 4.89 Å². The molecule has 2 aromatic carbocycles. The topological polar surface area (TPSA) is 71.5 Å². The number of aromatic nitrogens is 1. The zero-order valence-electron chi connectivity index (χ0n) is 17.8. The molecule has 0 spiro atoms. The van der Waals surface area contributed by atoms with Gasteiger partial charge in [0.1, 0.15) is 12.5 Å². The molecular weight excluding hydrogens is 429 g/mol. The third-order valence-corrected chi connectivity index (χ3v) is 6.50. The Hall–Kier alpha value is -1.95. The lowest BCUT2D eigenvalue weighted by Gasteiger charge is -2.29. The predicted octanol–water partition coefficient (Wildman–Crippen LogP) is 5.21. The lowest BCUT2D eigenvalue weighted by Crippen LogP contribution is -2.13. The highest BCUT2D eigenvalue weighted by molar-refractivity contribution is 8.06. The molecule has 5 nitrogen and oxygen atoms in total. The van der Waals surface area contributed by atoms with Crippen LogP contribution in [-0.4, -0.2) is 23.5 Å². The molecule has 3 rings (SSSR count). The molecule has 0 aliphatic heterocycles. The molecular formula is C24H27NO4PS-. The Morgan fingerprint density at radius 2 is 1.81 bits per heavy atom. The van der Waals surface area contributed by atoms with Gasteiger partial charge in [0.15, 0.2) is 0 Å². The van der Waals surface area contributed by atoms with Gasteiger partial charge < -0.3 is 13.9 Å². The number of benzene rings is 2. The number of rotatable bonds is 11. The highest BCUT2D eigenvalue weighted by Gasteiger charge is 2.14. The summed E-state index contributed by atoms with van der Waals surface area (Å²) < 4.78 is 10.3. The van der Waals surface area contributed by atoms with Crippen LogP contribution in [-0.2, 0) is 32.1 Å². The van der Waals surface area contributed by atoms with Gasteiger partial charge in [-0.15, -0.1) is 0 Å². The van der Waals surface area contributed by atoms with E-state index in [-0.39, 0.29) is 18.5 Å². The van der Waals surface area contributed by atoms with Crippen LogP contribution >= 0.6 is 6.72 Å². The number of Topliss-reactive ketones (excluding diaryl/α,β-unsaturated/α-hetero) is 1. The second-order valence-corrected chi connectivity index (χ2v) is 10.4. The first-order valence-electron chi connectivity index (χ1n) is 10.4. The lowest BCUT2D eigenvalue weighted by atomic mass is 9.93. The number of pyridine rings is 1. The fourth-order valence-corrected chi connectivity index (χ4v) is 5.12. The van der Waals surface area contributed by atoms with Gasteiger partial charge in [-0.1, -0.05) is 60.3 Å². The Bertz CT molecular complexity index is 1070. The van der Waals surface area contributed by atoms with Gasteiger partial charge >= 0.3 is 0 Å². The van der Waals surface area contributed by atoms with Crippen molar-refractivity contribution in [1.82, 2.24) is 4.98 Å². The van der Waals surface area contributed by atoms with Crippen LogP contribution in [0.5, 0.6) is 0 Å². The standard InChI is InChI=1S/C24H28NO4PS/c1-18(2)29-30(27,31)28-15-9-8-12-21(26)16-20-17-25-23-14-7-6-13-22(23)24(20)19-10-4-3-5-11-19/h3-7,10-11,13-14,17-18H,8-9,12,15-16H2,1-2H3,(H,27,31)/p-1. The fraction of sp³-hybridized carbons (Fsp3) is 0.333. The second-order valence-electron chi connectivity index (χ2n) is 7.65. The molecule has 0 N–H and O–H groups in total. The van der Waals surface area contributed by atoms with Crippen LogP contribution in [0.25, 0.3) is 22.0 Å². The molecule has 31 heavy (non-hydrogen) atoms. The molecule has 1 aromatic heterocycles. The summed E-state index contributed by atoms with van der Waals surface area (Å²) in [6.07, 6.45) is 3.52. The van der Waals surface area contributed by atoms with Crippen molar-refractivity contribution in [3.8, 4) is 11.1 Å². The van der Waals surface area contributed by atoms with Gasteiger partial charge in [0.05, 0.1) is 18.2 Å². The quantitative estimate of drug-likeness (QED) is 0.291. The Balaban J connectivity index is 1.63. The molecule has 7 heteroatoms. The molecule has 0 fully saturated rings. The van der Waals surface area contributed by atoms with E-state index < -0.39 is 6.72 Å². The van der Waals surface area contributed by atoms with Crippen molar-refractivity contribution in [2.45, 2.75) is 45.6 Å². The van der Waals surface area contributed by atoms with Crippen molar-refractivity contribution >= 4 is 35.2 Å². The van der Waals surface area contributed by atoms with Crippen molar-refractivity contribution in [1.29, 1.82) is 0 Å². The van der Waals surface area contributed by atoms with E-state index in [0.717, 1.165) is 27.6 Å². The molecule has 0 aliphatic rings. The molecule has 1 unspecified atom stereocenters. The largest absolute Gasteiger partial charge is 0.780 e. The first-order valence-corrected chi connectivity index (χ1v) is 13.0. The maximum atomic E-state index is 12.7. The van der Waals surface area contributed by atoms with Gasteiger partial charge in [-0.3, -0.25) is 9.78 Å². The molecule has 0 saturated heterocycles. The van der Waals surface area contributed by atoms with Crippen LogP contribution in [0.1, 0.15) is 38.7 Å². The first-order chi connectivity index (χ1) is 14.9. The van der Waals surface area contributed by atoms with Crippen molar-refractivity contribution < 1.29 is 18.7 Å². The molecule has 1 atom stereocenters. The highest BCUT2D eigenvalue weighted by Crippen LogP contribution is 2.40. The maximum Gasteiger partial charge on any atom is 0.137 e. The first kappa shape index (κ1) is 23.7. The van der Waals surface area contributed by atoms with Crippen molar-refractivity contribution in [3.05, 3.63) is 66.4 Å². The molecule has 0 amide bonds. The Labute approximate surface area is 188 Å². The summed E-state index contributed by atoms with van der Waals surface area (Å²) >= 11 is 4.84. The highest BCUT2D eigenvalue weighted by atomic mass is 32.5. The van der Waals surface area contributed by atoms with Gasteiger partial charge in [0.25, 0.3) is 0 Å². The summed E-state index contributed by atoms with van der Waals surface area (Å²) in [4.78, 5) is 29.2. The Kier molecular flexibility index (Phi) is 8.47. The molecule has 0 radical (unpaired) electrons. The number of nitrogens with zero attached hydrogens (tertiary/aromatic N) is 1. The van der Waals surface area contributed by atoms with Gasteiger partial charge in [-0.2, -0.15) is 0 Å². The van der Waals surface area contributed by atoms with Crippen LogP contribution in [0.2, 0.25) is 0 Å². The van der Waals surface area contributed by atoms with E-state index in [1.165, 1.54) is 0 Å². The van der Waals surface area contributed by atoms with Gasteiger partial charge in [-0.05, 0) is 49.4 Å². The smallest absolute Gasteiger partial charge is 0.137 e. The maximum absolute atomic E-state index is 12.7. The molecule has 1 heterocycles. The van der Waals surface area contributed by atoms with Crippen molar-refractivity contribution in [2.24, 2.45) is 0 Å². The van der Waals surface area contributed by atoms with Gasteiger partial charge in [-0.25, -0.2) is 0 Å². The molecule has 0 aliphatic carbocycles. The van der Waals surface area contributed by atoms with Crippen molar-refractivity contribution in [2.75, 3.05) is 6.61 Å². The van der Waals surface area contributed by atoms with E-state index in [2.05, 4.69) is 17.1 Å². The average Bonchev–Trinajstić information content (AvgIpc) is 2.73. The zero-order valence-corrected chi connectivity index (χ0v) is 19.5. The average molecular weight is 457 g/mol. The normalized spacial score (nSPS) is 13.4. The number of fused-ring (bicyclic) bond motifs is 1. The third-order valence-electron chi connectivity index (χ3n) is 4.74. The molecule has 0 bridgehead atoms. The van der Waals surface area contributed by atoms with Crippen LogP contribution in [0.3, 0.4) is 0 Å². The summed E-state index contributed by atoms with van der Waals surface area (Å²) in [7, 11) is 0. The number of carbonyl (C=O) groups is 1. The summed E-state index contributed by atoms with van der Waals surface area (Å²) in [5.41, 5.74) is 3.96. The molecule has 0 saturated carbocycles. The number of ketones is 1. The van der Waals surface area contributed by atoms with Crippen LogP contribution in [0.4, 0.5) is 0 Å². The summed E-state index contributed by atoms with van der Waals surface area (Å²) in [5.74, 6) is 0.134. The summed E-state index contributed by atoms with van der Waals surface area (Å²) in [5, 5.41) is 1.04. The van der Waals surface area contributed by atoms with Gasteiger partial charge in [0.2, 0.25) is 0 Å². The third kappa shape index (κ3) is 7.03. The Morgan fingerprint density at radius 3 is 2.55 bits per heavy atom. The van der Waals surface area contributed by atoms with E-state index in [1.54, 1.807) is 13.8 Å². The monoisotopic (exact) mass is 456 g/mol. The SMILES string of the molecule is CC(C)OP([O-])(=S)OCCCCC(=O)Cc1cnc2ccccc2c1-c1ccccc1. The van der Waals surface area contributed by atoms with E-state index in [1.807, 2.05) is 48.7 Å². The number of unbranched alkanes of at least 4 members (excludes halogenated alkanes) is 1. The fourth-order valence-electron chi connectivity index (χ4n) is 3.45. The molecule has 164 valence electrons. The second kappa shape index (κ2) is 11.1. The minimum atomic E-state index is -3.44. The minimum absolute atomic E-state index is 0.134.